The molecule has 0 aliphatic carbocycles. The van der Waals surface area contributed by atoms with Crippen molar-refractivity contribution in [2.75, 3.05) is 0 Å². The van der Waals surface area contributed by atoms with Crippen LogP contribution in [-0.2, 0) is 17.9 Å². The highest BCUT2D eigenvalue weighted by atomic mass is 14.9. The summed E-state index contributed by atoms with van der Waals surface area (Å²) in [6.45, 7) is 16.4. The summed E-state index contributed by atoms with van der Waals surface area (Å²) >= 11 is 0. The molecule has 0 saturated carbocycles. The maximum atomic E-state index is 2.49. The van der Waals surface area contributed by atoms with Crippen molar-refractivity contribution in [2.45, 2.75) is 85.0 Å². The quantitative estimate of drug-likeness (QED) is 0.492. The van der Waals surface area contributed by atoms with Gasteiger partial charge in [-0.05, 0) is 60.6 Å². The highest BCUT2D eigenvalue weighted by Gasteiger charge is 2.36. The molecule has 1 aromatic carbocycles. The van der Waals surface area contributed by atoms with Gasteiger partial charge in [0.2, 0.25) is 5.69 Å². The van der Waals surface area contributed by atoms with E-state index in [-0.39, 0.29) is 10.8 Å². The molecule has 1 aromatic heterocycles. The van der Waals surface area contributed by atoms with E-state index in [1.54, 1.807) is 5.56 Å². The highest BCUT2D eigenvalue weighted by molar-refractivity contribution is 5.62. The molecule has 0 radical (unpaired) electrons. The zero-order valence-electron chi connectivity index (χ0n) is 18.2. The van der Waals surface area contributed by atoms with Crippen LogP contribution in [0.15, 0.2) is 36.5 Å². The Balaban J connectivity index is 2.84. The molecule has 1 heteroatoms. The average molecular weight is 353 g/mol. The van der Waals surface area contributed by atoms with Crippen molar-refractivity contribution >= 4 is 0 Å². The Morgan fingerprint density at radius 1 is 0.808 bits per heavy atom. The number of rotatable bonds is 7. The molecule has 0 saturated heterocycles. The summed E-state index contributed by atoms with van der Waals surface area (Å²) in [6.07, 6.45) is 7.10. The predicted molar refractivity (Wildman–Crippen MR) is 114 cm³/mol. The van der Waals surface area contributed by atoms with E-state index >= 15 is 0 Å². The van der Waals surface area contributed by atoms with Gasteiger partial charge in [-0.15, -0.1) is 0 Å². The van der Waals surface area contributed by atoms with E-state index in [1.165, 1.54) is 48.1 Å². The van der Waals surface area contributed by atoms with E-state index in [2.05, 4.69) is 96.6 Å². The molecule has 2 aromatic rings. The van der Waals surface area contributed by atoms with Gasteiger partial charge in [0.15, 0.2) is 6.20 Å². The van der Waals surface area contributed by atoms with Gasteiger partial charge in [0.05, 0.1) is 0 Å². The SMILES string of the molecule is CCC(C)(CC)c1cc(-c2ccccc2C)[n+](C)cc1C(C)(CC)CC. The maximum absolute atomic E-state index is 2.49. The topological polar surface area (TPSA) is 3.88 Å². The first-order valence-electron chi connectivity index (χ1n) is 10.4. The highest BCUT2D eigenvalue weighted by Crippen LogP contribution is 2.42. The molecule has 0 spiro atoms. The summed E-state index contributed by atoms with van der Waals surface area (Å²) in [5, 5.41) is 0. The van der Waals surface area contributed by atoms with Crippen LogP contribution in [-0.4, -0.2) is 0 Å². The lowest BCUT2D eigenvalue weighted by molar-refractivity contribution is -0.661. The number of benzene rings is 1. The summed E-state index contributed by atoms with van der Waals surface area (Å²) in [5.74, 6) is 0. The third kappa shape index (κ3) is 3.59. The number of nitrogens with zero attached hydrogens (tertiary/aromatic N) is 1. The molecule has 1 heterocycles. The molecule has 0 aliphatic heterocycles. The van der Waals surface area contributed by atoms with Crippen LogP contribution in [0.1, 0.15) is 83.9 Å². The fourth-order valence-electron chi connectivity index (χ4n) is 4.02. The number of pyridine rings is 1. The van der Waals surface area contributed by atoms with Crippen LogP contribution in [0, 0.1) is 6.92 Å². The molecule has 0 fully saturated rings. The Bertz CT molecular complexity index is 749. The minimum absolute atomic E-state index is 0.215. The predicted octanol–water partition coefficient (Wildman–Crippen LogP) is 6.64. The van der Waals surface area contributed by atoms with Crippen molar-refractivity contribution in [3.63, 3.8) is 0 Å². The third-order valence-electron chi connectivity index (χ3n) is 7.12. The molecule has 0 unspecified atom stereocenters. The lowest BCUT2D eigenvalue weighted by Crippen LogP contribution is -2.38. The first-order valence-corrected chi connectivity index (χ1v) is 10.4. The lowest BCUT2D eigenvalue weighted by Gasteiger charge is -2.36. The Morgan fingerprint density at radius 3 is 1.81 bits per heavy atom. The molecular formula is C25H38N+. The summed E-state index contributed by atoms with van der Waals surface area (Å²) in [6, 6.07) is 11.2. The summed E-state index contributed by atoms with van der Waals surface area (Å²) in [4.78, 5) is 0. The van der Waals surface area contributed by atoms with Crippen molar-refractivity contribution in [3.8, 4) is 11.3 Å². The van der Waals surface area contributed by atoms with Gasteiger partial charge in [0, 0.05) is 17.2 Å². The van der Waals surface area contributed by atoms with Crippen molar-refractivity contribution in [1.29, 1.82) is 0 Å². The van der Waals surface area contributed by atoms with E-state index in [4.69, 9.17) is 0 Å². The van der Waals surface area contributed by atoms with Crippen LogP contribution < -0.4 is 4.57 Å². The summed E-state index contributed by atoms with van der Waals surface area (Å²) in [5.41, 5.74) is 7.52. The summed E-state index contributed by atoms with van der Waals surface area (Å²) < 4.78 is 2.34. The number of hydrogen-bond donors (Lipinski definition) is 0. The van der Waals surface area contributed by atoms with Gasteiger partial charge in [0.1, 0.15) is 7.05 Å². The van der Waals surface area contributed by atoms with Crippen LogP contribution in [0.2, 0.25) is 0 Å². The van der Waals surface area contributed by atoms with Gasteiger partial charge in [0.25, 0.3) is 0 Å². The number of aromatic nitrogens is 1. The molecule has 1 nitrogen and oxygen atoms in total. The Morgan fingerprint density at radius 2 is 1.31 bits per heavy atom. The second kappa shape index (κ2) is 7.94. The van der Waals surface area contributed by atoms with E-state index in [0.717, 1.165) is 0 Å². The fraction of sp³-hybridized carbons (Fsp3) is 0.560. The zero-order valence-corrected chi connectivity index (χ0v) is 18.2. The minimum atomic E-state index is 0.215. The van der Waals surface area contributed by atoms with E-state index in [1.807, 2.05) is 0 Å². The van der Waals surface area contributed by atoms with Crippen LogP contribution in [0.3, 0.4) is 0 Å². The first-order chi connectivity index (χ1) is 12.3. The smallest absolute Gasteiger partial charge is 0.201 e. The second-order valence-electron chi connectivity index (χ2n) is 8.45. The molecule has 0 amide bonds. The van der Waals surface area contributed by atoms with E-state index in [0.29, 0.717) is 0 Å². The standard InChI is InChI=1S/C25H38N/c1-9-24(6,10-2)21-17-23(20-16-14-13-15-19(20)5)26(8)18-22(21)25(7,11-3)12-4/h13-18H,9-12H2,1-8H3/q+1. The Kier molecular flexibility index (Phi) is 6.32. The normalized spacial score (nSPS) is 12.5. The molecule has 26 heavy (non-hydrogen) atoms. The third-order valence-corrected chi connectivity index (χ3v) is 7.12. The molecule has 2 rings (SSSR count). The van der Waals surface area contributed by atoms with Gasteiger partial charge < -0.3 is 0 Å². The maximum Gasteiger partial charge on any atom is 0.212 e. The van der Waals surface area contributed by atoms with Crippen LogP contribution >= 0.6 is 0 Å². The molecule has 0 atom stereocenters. The van der Waals surface area contributed by atoms with Crippen LogP contribution in [0.4, 0.5) is 0 Å². The zero-order chi connectivity index (χ0) is 19.5. The largest absolute Gasteiger partial charge is 0.212 e. The summed E-state index contributed by atoms with van der Waals surface area (Å²) in [7, 11) is 2.20. The average Bonchev–Trinajstić information content (AvgIpc) is 2.67. The second-order valence-corrected chi connectivity index (χ2v) is 8.45. The number of aryl methyl sites for hydroxylation is 2. The molecular weight excluding hydrogens is 314 g/mol. The fourth-order valence-corrected chi connectivity index (χ4v) is 4.02. The molecule has 0 aliphatic rings. The number of hydrogen-bond acceptors (Lipinski definition) is 0. The van der Waals surface area contributed by atoms with Gasteiger partial charge in [-0.3, -0.25) is 0 Å². The Hall–Kier alpha value is -1.63. The molecule has 0 bridgehead atoms. The van der Waals surface area contributed by atoms with Gasteiger partial charge in [-0.1, -0.05) is 59.7 Å². The van der Waals surface area contributed by atoms with Crippen molar-refractivity contribution in [2.24, 2.45) is 7.05 Å². The Labute approximate surface area is 161 Å². The monoisotopic (exact) mass is 352 g/mol. The van der Waals surface area contributed by atoms with Gasteiger partial charge >= 0.3 is 0 Å². The van der Waals surface area contributed by atoms with E-state index in [9.17, 15) is 0 Å². The van der Waals surface area contributed by atoms with Gasteiger partial charge in [-0.25, -0.2) is 4.57 Å². The van der Waals surface area contributed by atoms with Crippen molar-refractivity contribution < 1.29 is 4.57 Å². The first kappa shape index (κ1) is 20.7. The van der Waals surface area contributed by atoms with Crippen LogP contribution in [0.25, 0.3) is 11.3 Å². The van der Waals surface area contributed by atoms with Crippen molar-refractivity contribution in [3.05, 3.63) is 53.2 Å². The lowest BCUT2D eigenvalue weighted by atomic mass is 9.68. The van der Waals surface area contributed by atoms with E-state index < -0.39 is 0 Å². The van der Waals surface area contributed by atoms with Crippen LogP contribution in [0.5, 0.6) is 0 Å². The molecule has 142 valence electrons. The van der Waals surface area contributed by atoms with Crippen molar-refractivity contribution in [1.82, 2.24) is 0 Å². The minimum Gasteiger partial charge on any atom is -0.201 e. The van der Waals surface area contributed by atoms with Gasteiger partial charge in [-0.2, -0.15) is 0 Å². The molecule has 0 N–H and O–H groups in total.